The summed E-state index contributed by atoms with van der Waals surface area (Å²) in [7, 11) is 0. The number of furan rings is 1. The molecule has 0 spiro atoms. The fourth-order valence-electron chi connectivity index (χ4n) is 13.5. The van der Waals surface area contributed by atoms with Crippen molar-refractivity contribution < 1.29 is 4.42 Å². The summed E-state index contributed by atoms with van der Waals surface area (Å²) < 4.78 is 12.4. The smallest absolute Gasteiger partial charge is 0.333 e. The first-order valence-corrected chi connectivity index (χ1v) is 25.7. The van der Waals surface area contributed by atoms with Gasteiger partial charge in [0.2, 0.25) is 0 Å². The Morgan fingerprint density at radius 1 is 0.567 bits per heavy atom. The third-order valence-corrected chi connectivity index (χ3v) is 18.8. The number of fused-ring (bicyclic) bond motifs is 18. The highest BCUT2D eigenvalue weighted by atomic mass is 32.1. The predicted octanol–water partition coefficient (Wildman–Crippen LogP) is 16.3. The highest BCUT2D eigenvalue weighted by molar-refractivity contribution is 7.27. The molecule has 3 nitrogen and oxygen atoms in total. The standard InChI is InChI=1S/C62H59BN2OS/c1-58(2,3)34-20-22-35(23-21-34)65-47-32-44-42(60(6,7)25-27-62(44,10)11)29-40(47)52-53-37-17-13-15-19-51(37)67-57(53)54-39-28-41-43(61(8,9)26-24-59(41,4)5)31-46(39)64-48-30-38-36-16-12-14-18-49(36)66-50(38)33-45(48)63(65)55(52)56(54)64/h12-23,28-33H,24-27H2,1-11H3. The first-order chi connectivity index (χ1) is 31.8. The zero-order valence-electron chi connectivity index (χ0n) is 41.0. The van der Waals surface area contributed by atoms with E-state index in [9.17, 15) is 0 Å². The Morgan fingerprint density at radius 3 is 1.87 bits per heavy atom. The van der Waals surface area contributed by atoms with Gasteiger partial charge in [0.05, 0.1) is 11.0 Å². The van der Waals surface area contributed by atoms with Crippen molar-refractivity contribution in [1.29, 1.82) is 0 Å². The second-order valence-electron chi connectivity index (χ2n) is 24.6. The minimum absolute atomic E-state index is 0.0327. The van der Waals surface area contributed by atoms with E-state index < -0.39 is 0 Å². The van der Waals surface area contributed by atoms with Gasteiger partial charge in [-0.05, 0) is 158 Å². The van der Waals surface area contributed by atoms with Crippen molar-refractivity contribution >= 4 is 104 Å². The molecule has 0 bridgehead atoms. The first-order valence-electron chi connectivity index (χ1n) is 24.9. The fraction of sp³-hybridized carbons (Fsp3) is 0.323. The zero-order valence-corrected chi connectivity index (χ0v) is 41.8. The van der Waals surface area contributed by atoms with Crippen molar-refractivity contribution in [3.63, 3.8) is 0 Å². The van der Waals surface area contributed by atoms with E-state index in [1.54, 1.807) is 0 Å². The molecule has 10 aromatic rings. The summed E-state index contributed by atoms with van der Waals surface area (Å²) in [5, 5.41) is 7.90. The van der Waals surface area contributed by atoms with Gasteiger partial charge in [-0.25, -0.2) is 0 Å². The normalized spacial score (nSPS) is 18.6. The van der Waals surface area contributed by atoms with Gasteiger partial charge in [-0.2, -0.15) is 0 Å². The van der Waals surface area contributed by atoms with Crippen molar-refractivity contribution in [3.8, 4) is 16.8 Å². The minimum Gasteiger partial charge on any atom is -0.456 e. The van der Waals surface area contributed by atoms with Crippen LogP contribution < -0.4 is 15.7 Å². The predicted molar refractivity (Wildman–Crippen MR) is 289 cm³/mol. The molecule has 2 aliphatic carbocycles. The summed E-state index contributed by atoms with van der Waals surface area (Å²) in [5.41, 5.74) is 21.4. The molecule has 5 heteroatoms. The molecule has 0 fully saturated rings. The lowest BCUT2D eigenvalue weighted by Gasteiger charge is -2.46. The molecule has 2 aliphatic heterocycles. The van der Waals surface area contributed by atoms with Crippen LogP contribution >= 0.6 is 11.3 Å². The van der Waals surface area contributed by atoms with Gasteiger partial charge in [0.25, 0.3) is 0 Å². The van der Waals surface area contributed by atoms with Crippen LogP contribution in [0.15, 0.2) is 114 Å². The van der Waals surface area contributed by atoms with Crippen LogP contribution in [0.4, 0.5) is 11.4 Å². The van der Waals surface area contributed by atoms with E-state index >= 15 is 0 Å². The van der Waals surface area contributed by atoms with Crippen LogP contribution in [-0.2, 0) is 27.1 Å². The zero-order chi connectivity index (χ0) is 46.1. The molecule has 0 unspecified atom stereocenters. The molecule has 0 saturated heterocycles. The Morgan fingerprint density at radius 2 is 1.18 bits per heavy atom. The van der Waals surface area contributed by atoms with E-state index in [2.05, 4.69) is 195 Å². The number of hydrogen-bond donors (Lipinski definition) is 0. The van der Waals surface area contributed by atoms with Crippen LogP contribution in [0.3, 0.4) is 0 Å². The molecule has 14 rings (SSSR count). The second kappa shape index (κ2) is 12.7. The summed E-state index contributed by atoms with van der Waals surface area (Å²) in [6.45, 7) is 26.7. The summed E-state index contributed by atoms with van der Waals surface area (Å²) in [6, 6.07) is 43.1. The molecule has 67 heavy (non-hydrogen) atoms. The molecular weight excluding hydrogens is 832 g/mol. The quantitative estimate of drug-likeness (QED) is 0.153. The van der Waals surface area contributed by atoms with Gasteiger partial charge in [0.15, 0.2) is 0 Å². The fourth-order valence-corrected chi connectivity index (χ4v) is 14.8. The highest BCUT2D eigenvalue weighted by Gasteiger charge is 2.49. The Labute approximate surface area is 398 Å². The molecule has 0 atom stereocenters. The van der Waals surface area contributed by atoms with E-state index in [4.69, 9.17) is 4.42 Å². The summed E-state index contributed by atoms with van der Waals surface area (Å²) in [6.07, 6.45) is 4.68. The van der Waals surface area contributed by atoms with Gasteiger partial charge < -0.3 is 13.8 Å². The maximum absolute atomic E-state index is 6.89. The number of para-hydroxylation sites is 1. The average Bonchev–Trinajstić information content (AvgIpc) is 3.97. The van der Waals surface area contributed by atoms with Crippen molar-refractivity contribution in [2.24, 2.45) is 0 Å². The third-order valence-electron chi connectivity index (χ3n) is 17.6. The van der Waals surface area contributed by atoms with Crippen LogP contribution in [0.25, 0.3) is 80.7 Å². The van der Waals surface area contributed by atoms with Crippen molar-refractivity contribution in [2.75, 3.05) is 4.81 Å². The topological polar surface area (TPSA) is 21.3 Å². The Balaban J connectivity index is 1.25. The van der Waals surface area contributed by atoms with E-state index in [0.29, 0.717) is 0 Å². The number of aromatic nitrogens is 1. The van der Waals surface area contributed by atoms with E-state index in [0.717, 1.165) is 17.6 Å². The van der Waals surface area contributed by atoms with E-state index in [1.165, 1.54) is 139 Å². The monoisotopic (exact) mass is 890 g/mol. The summed E-state index contributed by atoms with van der Waals surface area (Å²) >= 11 is 2.00. The van der Waals surface area contributed by atoms with Gasteiger partial charge in [-0.3, -0.25) is 0 Å². The summed E-state index contributed by atoms with van der Waals surface area (Å²) in [5.74, 6) is 0. The van der Waals surface area contributed by atoms with Crippen LogP contribution in [0.2, 0.25) is 0 Å². The molecule has 3 aromatic heterocycles. The van der Waals surface area contributed by atoms with Crippen molar-refractivity contribution in [2.45, 2.75) is 129 Å². The molecule has 4 aliphatic rings. The lowest BCUT2D eigenvalue weighted by Crippen LogP contribution is -2.60. The second-order valence-corrected chi connectivity index (χ2v) is 25.6. The summed E-state index contributed by atoms with van der Waals surface area (Å²) in [4.78, 5) is 2.76. The van der Waals surface area contributed by atoms with Gasteiger partial charge in [0, 0.05) is 64.3 Å². The number of thiophene rings is 1. The average molecular weight is 891 g/mol. The molecular formula is C62H59BN2OS. The molecule has 0 radical (unpaired) electrons. The van der Waals surface area contributed by atoms with Gasteiger partial charge in [-0.1, -0.05) is 125 Å². The maximum Gasteiger partial charge on any atom is 0.333 e. The molecule has 0 amide bonds. The number of hydrogen-bond acceptors (Lipinski definition) is 3. The SMILES string of the molecule is CC(C)(C)c1ccc(N2B3c4cc5oc6ccccc6c5cc4-n4c5cc6c(cc5c5c7sc8ccccc8c7c(c3c54)-c3cc4c(cc32)C(C)(C)CCC4(C)C)C(C)(C)CCC6(C)C)cc1. The van der Waals surface area contributed by atoms with E-state index in [1.807, 2.05) is 11.3 Å². The number of benzene rings is 7. The largest absolute Gasteiger partial charge is 0.456 e. The number of anilines is 2. The van der Waals surface area contributed by atoms with Gasteiger partial charge in [-0.15, -0.1) is 11.3 Å². The molecule has 332 valence electrons. The first kappa shape index (κ1) is 40.3. The lowest BCUT2D eigenvalue weighted by molar-refractivity contribution is 0.332. The Kier molecular flexibility index (Phi) is 7.61. The lowest BCUT2D eigenvalue weighted by atomic mass is 9.43. The maximum atomic E-state index is 6.89. The number of rotatable bonds is 1. The minimum atomic E-state index is -0.127. The van der Waals surface area contributed by atoms with Crippen molar-refractivity contribution in [1.82, 2.24) is 4.57 Å². The van der Waals surface area contributed by atoms with E-state index in [-0.39, 0.29) is 33.9 Å². The van der Waals surface area contributed by atoms with Gasteiger partial charge >= 0.3 is 6.85 Å². The van der Waals surface area contributed by atoms with Crippen LogP contribution in [-0.4, -0.2) is 11.4 Å². The van der Waals surface area contributed by atoms with Crippen molar-refractivity contribution in [3.05, 3.63) is 137 Å². The third kappa shape index (κ3) is 5.20. The van der Waals surface area contributed by atoms with Crippen LogP contribution in [0.1, 0.15) is 130 Å². The van der Waals surface area contributed by atoms with Gasteiger partial charge in [0.1, 0.15) is 11.2 Å². The Bertz CT molecular complexity index is 3860. The molecule has 0 N–H and O–H groups in total. The molecule has 0 saturated carbocycles. The van der Waals surface area contributed by atoms with Crippen LogP contribution in [0, 0.1) is 0 Å². The molecule has 5 heterocycles. The Hall–Kier alpha value is -5.78. The highest BCUT2D eigenvalue weighted by Crippen LogP contribution is 2.57. The molecule has 7 aromatic carbocycles. The number of nitrogens with zero attached hydrogens (tertiary/aromatic N) is 2. The van der Waals surface area contributed by atoms with Crippen LogP contribution in [0.5, 0.6) is 0 Å².